The molecule has 0 N–H and O–H groups in total. The van der Waals surface area contributed by atoms with E-state index >= 15 is 0 Å². The number of carbonyl (C=O) groups excluding carboxylic acids is 2. The minimum atomic E-state index is -0.311. The zero-order valence-corrected chi connectivity index (χ0v) is 17.7. The predicted molar refractivity (Wildman–Crippen MR) is 104 cm³/mol. The van der Waals surface area contributed by atoms with Gasteiger partial charge in [0.1, 0.15) is 13.2 Å². The first-order valence-electron chi connectivity index (χ1n) is 10.2. The molecule has 0 saturated carbocycles. The number of hydrogen-bond acceptors (Lipinski definition) is 8. The maximum absolute atomic E-state index is 11.9. The third-order valence-corrected chi connectivity index (χ3v) is 3.85. The minimum absolute atomic E-state index is 0.00237. The van der Waals surface area contributed by atoms with Gasteiger partial charge in [-0.3, -0.25) is 9.59 Å². The Morgan fingerprint density at radius 3 is 1.50 bits per heavy atom. The fraction of sp³-hybridized carbons (Fsp3) is 0.900. The number of unbranched alkanes of at least 4 members (excludes halogenated alkanes) is 1. The van der Waals surface area contributed by atoms with E-state index in [1.54, 1.807) is 0 Å². The van der Waals surface area contributed by atoms with E-state index in [4.69, 9.17) is 28.4 Å². The second-order valence-electron chi connectivity index (χ2n) is 6.20. The van der Waals surface area contributed by atoms with Crippen LogP contribution in [0.4, 0.5) is 0 Å². The maximum atomic E-state index is 11.9. The summed E-state index contributed by atoms with van der Waals surface area (Å²) in [6, 6.07) is 0. The molecule has 0 fully saturated rings. The molecule has 8 nitrogen and oxygen atoms in total. The molecule has 0 aromatic heterocycles. The molecule has 8 heteroatoms. The van der Waals surface area contributed by atoms with E-state index in [2.05, 4.69) is 6.92 Å². The Bertz CT molecular complexity index is 375. The largest absolute Gasteiger partial charge is 0.463 e. The highest BCUT2D eigenvalue weighted by molar-refractivity contribution is 5.72. The molecule has 0 aliphatic heterocycles. The zero-order valence-electron chi connectivity index (χ0n) is 17.7. The second kappa shape index (κ2) is 20.5. The molecule has 0 amide bonds. The summed E-state index contributed by atoms with van der Waals surface area (Å²) in [4.78, 5) is 22.4. The second-order valence-corrected chi connectivity index (χ2v) is 6.20. The Labute approximate surface area is 169 Å². The van der Waals surface area contributed by atoms with Crippen molar-refractivity contribution >= 4 is 11.9 Å². The van der Waals surface area contributed by atoms with E-state index in [-0.39, 0.29) is 31.1 Å². The number of hydrogen-bond donors (Lipinski definition) is 0. The molecule has 1 atom stereocenters. The van der Waals surface area contributed by atoms with Crippen LogP contribution >= 0.6 is 0 Å². The van der Waals surface area contributed by atoms with Crippen LogP contribution in [0.15, 0.2) is 0 Å². The van der Waals surface area contributed by atoms with Crippen LogP contribution in [-0.2, 0) is 38.0 Å². The summed E-state index contributed by atoms with van der Waals surface area (Å²) < 4.78 is 31.3. The molecule has 0 aromatic rings. The summed E-state index contributed by atoms with van der Waals surface area (Å²) in [5.41, 5.74) is 0. The fourth-order valence-electron chi connectivity index (χ4n) is 2.26. The summed E-state index contributed by atoms with van der Waals surface area (Å²) in [7, 11) is 0. The lowest BCUT2D eigenvalue weighted by atomic mass is 10.00. The number of rotatable bonds is 20. The molecule has 0 bridgehead atoms. The average molecular weight is 407 g/mol. The van der Waals surface area contributed by atoms with Crippen molar-refractivity contribution in [1.82, 2.24) is 0 Å². The van der Waals surface area contributed by atoms with Gasteiger partial charge in [-0.05, 0) is 12.8 Å². The first-order chi connectivity index (χ1) is 13.6. The molecule has 0 saturated heterocycles. The molecule has 0 aromatic carbocycles. The van der Waals surface area contributed by atoms with Gasteiger partial charge in [0.2, 0.25) is 0 Å². The summed E-state index contributed by atoms with van der Waals surface area (Å²) in [5.74, 6) is -0.430. The van der Waals surface area contributed by atoms with E-state index in [1.807, 2.05) is 6.92 Å². The molecule has 0 spiro atoms. The van der Waals surface area contributed by atoms with Crippen molar-refractivity contribution < 1.29 is 38.0 Å². The Morgan fingerprint density at radius 2 is 1.11 bits per heavy atom. The summed E-state index contributed by atoms with van der Waals surface area (Å²) in [6.07, 6.45) is 3.84. The molecular weight excluding hydrogens is 368 g/mol. The van der Waals surface area contributed by atoms with E-state index in [0.29, 0.717) is 52.9 Å². The molecule has 166 valence electrons. The van der Waals surface area contributed by atoms with Gasteiger partial charge in [0, 0.05) is 6.92 Å². The van der Waals surface area contributed by atoms with Crippen LogP contribution in [0.2, 0.25) is 0 Å². The van der Waals surface area contributed by atoms with E-state index in [1.165, 1.54) is 6.92 Å². The van der Waals surface area contributed by atoms with Crippen molar-refractivity contribution in [3.8, 4) is 0 Å². The molecule has 1 unspecified atom stereocenters. The highest BCUT2D eigenvalue weighted by atomic mass is 16.6. The fourth-order valence-corrected chi connectivity index (χ4v) is 2.26. The maximum Gasteiger partial charge on any atom is 0.308 e. The van der Waals surface area contributed by atoms with Crippen LogP contribution in [0.3, 0.4) is 0 Å². The van der Waals surface area contributed by atoms with Crippen LogP contribution in [0.1, 0.15) is 46.5 Å². The third-order valence-electron chi connectivity index (χ3n) is 3.85. The van der Waals surface area contributed by atoms with Crippen LogP contribution in [0.5, 0.6) is 0 Å². The van der Waals surface area contributed by atoms with Gasteiger partial charge >= 0.3 is 11.9 Å². The lowest BCUT2D eigenvalue weighted by molar-refractivity contribution is -0.150. The first kappa shape index (κ1) is 26.8. The van der Waals surface area contributed by atoms with Crippen LogP contribution < -0.4 is 0 Å². The third kappa shape index (κ3) is 18.2. The van der Waals surface area contributed by atoms with Crippen molar-refractivity contribution in [3.63, 3.8) is 0 Å². The SMILES string of the molecule is CCCCC(CC)C(=O)OCCOCCOCCOCCOCCOC(C)=O. The van der Waals surface area contributed by atoms with Crippen molar-refractivity contribution in [2.45, 2.75) is 46.5 Å². The van der Waals surface area contributed by atoms with Crippen LogP contribution in [-0.4, -0.2) is 78.0 Å². The van der Waals surface area contributed by atoms with E-state index in [0.717, 1.165) is 25.7 Å². The van der Waals surface area contributed by atoms with Crippen LogP contribution in [0, 0.1) is 5.92 Å². The number of esters is 2. The minimum Gasteiger partial charge on any atom is -0.463 e. The van der Waals surface area contributed by atoms with Gasteiger partial charge in [0.05, 0.1) is 58.8 Å². The molecule has 0 rings (SSSR count). The molecule has 0 heterocycles. The van der Waals surface area contributed by atoms with Gasteiger partial charge in [0.25, 0.3) is 0 Å². The van der Waals surface area contributed by atoms with E-state index < -0.39 is 0 Å². The summed E-state index contributed by atoms with van der Waals surface area (Å²) in [6.45, 7) is 9.53. The Balaban J connectivity index is 3.27. The smallest absolute Gasteiger partial charge is 0.308 e. The molecule has 0 aliphatic carbocycles. The van der Waals surface area contributed by atoms with Gasteiger partial charge in [-0.1, -0.05) is 26.7 Å². The van der Waals surface area contributed by atoms with Crippen molar-refractivity contribution in [1.29, 1.82) is 0 Å². The molecule has 0 radical (unpaired) electrons. The number of ether oxygens (including phenoxy) is 6. The zero-order chi connectivity index (χ0) is 20.9. The van der Waals surface area contributed by atoms with Crippen molar-refractivity contribution in [2.75, 3.05) is 66.1 Å². The Morgan fingerprint density at radius 1 is 0.679 bits per heavy atom. The summed E-state index contributed by atoms with van der Waals surface area (Å²) >= 11 is 0. The van der Waals surface area contributed by atoms with Gasteiger partial charge in [0.15, 0.2) is 0 Å². The molecule has 28 heavy (non-hydrogen) atoms. The Kier molecular flexibility index (Phi) is 19.6. The quantitative estimate of drug-likeness (QED) is 0.225. The topological polar surface area (TPSA) is 89.5 Å². The van der Waals surface area contributed by atoms with Crippen LogP contribution in [0.25, 0.3) is 0 Å². The number of carbonyl (C=O) groups is 2. The Hall–Kier alpha value is -1.22. The van der Waals surface area contributed by atoms with Gasteiger partial charge in [-0.2, -0.15) is 0 Å². The van der Waals surface area contributed by atoms with Gasteiger partial charge in [-0.25, -0.2) is 0 Å². The van der Waals surface area contributed by atoms with Gasteiger partial charge in [-0.15, -0.1) is 0 Å². The first-order valence-corrected chi connectivity index (χ1v) is 10.2. The standard InChI is InChI=1S/C20H38O8/c1-4-6-7-19(5-2)20(22)28-17-15-26-13-11-24-9-8-23-10-12-25-14-16-27-18(3)21/h19H,4-17H2,1-3H3. The average Bonchev–Trinajstić information content (AvgIpc) is 2.68. The van der Waals surface area contributed by atoms with Crippen molar-refractivity contribution in [2.24, 2.45) is 5.92 Å². The normalized spacial score (nSPS) is 12.0. The van der Waals surface area contributed by atoms with Crippen molar-refractivity contribution in [3.05, 3.63) is 0 Å². The molecule has 0 aliphatic rings. The lowest BCUT2D eigenvalue weighted by Gasteiger charge is -2.13. The highest BCUT2D eigenvalue weighted by Crippen LogP contribution is 2.14. The lowest BCUT2D eigenvalue weighted by Crippen LogP contribution is -2.20. The molecular formula is C20H38O8. The predicted octanol–water partition coefficient (Wildman–Crippen LogP) is 2.38. The van der Waals surface area contributed by atoms with Gasteiger partial charge < -0.3 is 28.4 Å². The summed E-state index contributed by atoms with van der Waals surface area (Å²) in [5, 5.41) is 0. The van der Waals surface area contributed by atoms with E-state index in [9.17, 15) is 9.59 Å². The highest BCUT2D eigenvalue weighted by Gasteiger charge is 2.16. The monoisotopic (exact) mass is 406 g/mol.